The van der Waals surface area contributed by atoms with Crippen LogP contribution in [-0.4, -0.2) is 12.6 Å². The molecule has 0 saturated heterocycles. The van der Waals surface area contributed by atoms with Gasteiger partial charge in [0.15, 0.2) is 0 Å². The van der Waals surface area contributed by atoms with Gasteiger partial charge in [-0.05, 0) is 42.7 Å². The van der Waals surface area contributed by atoms with Gasteiger partial charge in [0.2, 0.25) is 0 Å². The van der Waals surface area contributed by atoms with E-state index < -0.39 is 0 Å². The monoisotopic (exact) mass is 230 g/mol. The Balaban J connectivity index is 2.86. The second-order valence-corrected chi connectivity index (χ2v) is 3.74. The first-order chi connectivity index (χ1) is 8.08. The van der Waals surface area contributed by atoms with Crippen molar-refractivity contribution in [3.63, 3.8) is 0 Å². The van der Waals surface area contributed by atoms with Crippen molar-refractivity contribution >= 4 is 17.3 Å². The quantitative estimate of drug-likeness (QED) is 0.765. The fourth-order valence-corrected chi connectivity index (χ4v) is 1.45. The Morgan fingerprint density at radius 1 is 1.47 bits per heavy atom. The van der Waals surface area contributed by atoms with Crippen molar-refractivity contribution in [2.75, 3.05) is 11.9 Å². The topological polar surface area (TPSA) is 41.1 Å². The number of allylic oxidation sites excluding steroid dienone is 2. The molecule has 2 amide bonds. The summed E-state index contributed by atoms with van der Waals surface area (Å²) in [6, 6.07) is 5.57. The van der Waals surface area contributed by atoms with Crippen LogP contribution in [0.25, 0.3) is 5.57 Å². The Labute approximate surface area is 102 Å². The molecule has 0 radical (unpaired) electrons. The smallest absolute Gasteiger partial charge is 0.319 e. The van der Waals surface area contributed by atoms with E-state index in [0.29, 0.717) is 6.54 Å². The highest BCUT2D eigenvalue weighted by molar-refractivity contribution is 5.90. The number of carbonyl (C=O) groups excluding carboxylic acids is 1. The van der Waals surface area contributed by atoms with Crippen molar-refractivity contribution in [3.05, 3.63) is 48.6 Å². The average Bonchev–Trinajstić information content (AvgIpc) is 2.31. The van der Waals surface area contributed by atoms with Crippen LogP contribution >= 0.6 is 0 Å². The normalized spacial score (nSPS) is 9.53. The van der Waals surface area contributed by atoms with Crippen molar-refractivity contribution < 1.29 is 4.79 Å². The van der Waals surface area contributed by atoms with E-state index in [-0.39, 0.29) is 6.03 Å². The highest BCUT2D eigenvalue weighted by Gasteiger charge is 2.04. The number of hydrogen-bond acceptors (Lipinski definition) is 1. The predicted octanol–water partition coefficient (Wildman–Crippen LogP) is 3.34. The van der Waals surface area contributed by atoms with Gasteiger partial charge in [-0.3, -0.25) is 0 Å². The van der Waals surface area contributed by atoms with E-state index in [1.54, 1.807) is 6.08 Å². The molecule has 0 bridgehead atoms. The summed E-state index contributed by atoms with van der Waals surface area (Å²) in [5.41, 5.74) is 3.69. The van der Waals surface area contributed by atoms with Crippen LogP contribution in [0.2, 0.25) is 0 Å². The van der Waals surface area contributed by atoms with Crippen LogP contribution in [0.3, 0.4) is 0 Å². The van der Waals surface area contributed by atoms with Crippen LogP contribution in [0, 0.1) is 6.92 Å². The van der Waals surface area contributed by atoms with Gasteiger partial charge in [-0.2, -0.15) is 0 Å². The summed E-state index contributed by atoms with van der Waals surface area (Å²) in [6.07, 6.45) is 1.71. The standard InChI is InChI=1S/C14H18N2O/c1-5-10(3)12-7-8-13(11(4)9-12)16-14(17)15-6-2/h5,7-9H,1,3,6H2,2,4H3,(H2,15,16,17). The number of benzene rings is 1. The summed E-state index contributed by atoms with van der Waals surface area (Å²) >= 11 is 0. The number of hydrogen-bond donors (Lipinski definition) is 2. The zero-order valence-corrected chi connectivity index (χ0v) is 10.3. The van der Waals surface area contributed by atoms with Crippen LogP contribution in [0.15, 0.2) is 37.4 Å². The van der Waals surface area contributed by atoms with E-state index in [0.717, 1.165) is 22.4 Å². The van der Waals surface area contributed by atoms with Crippen LogP contribution in [0.1, 0.15) is 18.1 Å². The second kappa shape index (κ2) is 5.89. The van der Waals surface area contributed by atoms with Crippen molar-refractivity contribution in [2.45, 2.75) is 13.8 Å². The minimum Gasteiger partial charge on any atom is -0.338 e. The molecule has 0 aromatic heterocycles. The molecule has 3 nitrogen and oxygen atoms in total. The minimum absolute atomic E-state index is 0.189. The SMILES string of the molecule is C=CC(=C)c1ccc(NC(=O)NCC)c(C)c1. The van der Waals surface area contributed by atoms with Gasteiger partial charge in [0.05, 0.1) is 0 Å². The molecule has 0 aliphatic heterocycles. The zero-order chi connectivity index (χ0) is 12.8. The molecule has 1 aromatic carbocycles. The summed E-state index contributed by atoms with van der Waals surface area (Å²) in [5, 5.41) is 5.48. The molecule has 1 aromatic rings. The first kappa shape index (κ1) is 13.0. The van der Waals surface area contributed by atoms with Crippen LogP contribution in [-0.2, 0) is 0 Å². The molecular formula is C14H18N2O. The Kier molecular flexibility index (Phi) is 4.52. The average molecular weight is 230 g/mol. The Hall–Kier alpha value is -2.03. The molecule has 3 heteroatoms. The lowest BCUT2D eigenvalue weighted by atomic mass is 10.0. The maximum Gasteiger partial charge on any atom is 0.319 e. The van der Waals surface area contributed by atoms with Gasteiger partial charge in [-0.15, -0.1) is 0 Å². The van der Waals surface area contributed by atoms with Crippen molar-refractivity contribution in [2.24, 2.45) is 0 Å². The molecule has 0 aliphatic rings. The highest BCUT2D eigenvalue weighted by Crippen LogP contribution is 2.21. The lowest BCUT2D eigenvalue weighted by Gasteiger charge is -2.10. The van der Waals surface area contributed by atoms with Gasteiger partial charge in [-0.25, -0.2) is 4.79 Å². The number of anilines is 1. The predicted molar refractivity (Wildman–Crippen MR) is 73.1 cm³/mol. The maximum atomic E-state index is 11.4. The Morgan fingerprint density at radius 2 is 2.18 bits per heavy atom. The number of carbonyl (C=O) groups is 1. The van der Waals surface area contributed by atoms with E-state index >= 15 is 0 Å². The molecule has 0 heterocycles. The third kappa shape index (κ3) is 3.48. The molecular weight excluding hydrogens is 212 g/mol. The zero-order valence-electron chi connectivity index (χ0n) is 10.3. The van der Waals surface area contributed by atoms with E-state index in [1.165, 1.54) is 0 Å². The van der Waals surface area contributed by atoms with Crippen molar-refractivity contribution in [3.8, 4) is 0 Å². The molecule has 17 heavy (non-hydrogen) atoms. The molecule has 0 aliphatic carbocycles. The summed E-state index contributed by atoms with van der Waals surface area (Å²) in [7, 11) is 0. The molecule has 2 N–H and O–H groups in total. The summed E-state index contributed by atoms with van der Waals surface area (Å²) in [6.45, 7) is 12.0. The fraction of sp³-hybridized carbons (Fsp3) is 0.214. The van der Waals surface area contributed by atoms with Crippen LogP contribution in [0.4, 0.5) is 10.5 Å². The Bertz CT molecular complexity index is 450. The van der Waals surface area contributed by atoms with Gasteiger partial charge in [-0.1, -0.05) is 25.3 Å². The number of aryl methyl sites for hydroxylation is 1. The van der Waals surface area contributed by atoms with E-state index in [4.69, 9.17) is 0 Å². The molecule has 0 fully saturated rings. The lowest BCUT2D eigenvalue weighted by molar-refractivity contribution is 0.252. The number of rotatable bonds is 4. The second-order valence-electron chi connectivity index (χ2n) is 3.74. The third-order valence-electron chi connectivity index (χ3n) is 2.43. The molecule has 0 spiro atoms. The number of nitrogens with one attached hydrogen (secondary N) is 2. The fourth-order valence-electron chi connectivity index (χ4n) is 1.45. The van der Waals surface area contributed by atoms with E-state index in [9.17, 15) is 4.79 Å². The van der Waals surface area contributed by atoms with Crippen molar-refractivity contribution in [1.82, 2.24) is 5.32 Å². The molecule has 90 valence electrons. The summed E-state index contributed by atoms with van der Waals surface area (Å²) < 4.78 is 0. The summed E-state index contributed by atoms with van der Waals surface area (Å²) in [5.74, 6) is 0. The lowest BCUT2D eigenvalue weighted by Crippen LogP contribution is -2.28. The van der Waals surface area contributed by atoms with Gasteiger partial charge in [0, 0.05) is 12.2 Å². The van der Waals surface area contributed by atoms with Crippen LogP contribution < -0.4 is 10.6 Å². The Morgan fingerprint density at radius 3 is 2.71 bits per heavy atom. The minimum atomic E-state index is -0.189. The largest absolute Gasteiger partial charge is 0.338 e. The third-order valence-corrected chi connectivity index (χ3v) is 2.43. The van der Waals surface area contributed by atoms with Gasteiger partial charge >= 0.3 is 6.03 Å². The highest BCUT2D eigenvalue weighted by atomic mass is 16.2. The van der Waals surface area contributed by atoms with Gasteiger partial charge in [0.1, 0.15) is 0 Å². The maximum absolute atomic E-state index is 11.4. The van der Waals surface area contributed by atoms with Gasteiger partial charge < -0.3 is 10.6 Å². The van der Waals surface area contributed by atoms with Crippen LogP contribution in [0.5, 0.6) is 0 Å². The first-order valence-corrected chi connectivity index (χ1v) is 5.55. The molecule has 1 rings (SSSR count). The van der Waals surface area contributed by atoms with E-state index in [1.807, 2.05) is 32.0 Å². The summed E-state index contributed by atoms with van der Waals surface area (Å²) in [4.78, 5) is 11.4. The van der Waals surface area contributed by atoms with E-state index in [2.05, 4.69) is 23.8 Å². The number of urea groups is 1. The van der Waals surface area contributed by atoms with Crippen molar-refractivity contribution in [1.29, 1.82) is 0 Å². The molecule has 0 unspecified atom stereocenters. The first-order valence-electron chi connectivity index (χ1n) is 5.55. The number of amides is 2. The molecule has 0 atom stereocenters. The van der Waals surface area contributed by atoms with Gasteiger partial charge in [0.25, 0.3) is 0 Å². The molecule has 0 saturated carbocycles.